The summed E-state index contributed by atoms with van der Waals surface area (Å²) < 4.78 is 5.03. The van der Waals surface area contributed by atoms with Gasteiger partial charge in [-0.15, -0.1) is 0 Å². The number of hydrogen-bond donors (Lipinski definition) is 0. The number of rotatable bonds is 2. The summed E-state index contributed by atoms with van der Waals surface area (Å²) in [5, 5.41) is 10.4. The second-order valence-corrected chi connectivity index (χ2v) is 1.80. The van der Waals surface area contributed by atoms with Crippen LogP contribution in [0.25, 0.3) is 0 Å². The molecule has 0 aliphatic heterocycles. The van der Waals surface area contributed by atoms with E-state index in [4.69, 9.17) is 0 Å². The Morgan fingerprint density at radius 3 is 2.50 bits per heavy atom. The van der Waals surface area contributed by atoms with Crippen molar-refractivity contribution in [2.45, 2.75) is 13.8 Å². The van der Waals surface area contributed by atoms with Gasteiger partial charge in [-0.05, 0) is 6.92 Å². The molecule has 4 heteroatoms. The van der Waals surface area contributed by atoms with Gasteiger partial charge in [-0.3, -0.25) is 0 Å². The lowest BCUT2D eigenvalue weighted by atomic mass is 10.4. The molecule has 58 valence electrons. The summed E-state index contributed by atoms with van der Waals surface area (Å²) in [6.07, 6.45) is 0. The summed E-state index contributed by atoms with van der Waals surface area (Å²) in [7, 11) is 1.26. The van der Waals surface area contributed by atoms with Gasteiger partial charge in [0.15, 0.2) is 0 Å². The number of carbonyl (C=O) groups excluding carboxylic acids is 1. The van der Waals surface area contributed by atoms with Crippen LogP contribution in [0.5, 0.6) is 0 Å². The van der Waals surface area contributed by atoms with E-state index in [1.807, 2.05) is 0 Å². The molecular weight excluding hydrogens is 134 g/mol. The maximum absolute atomic E-state index is 10.7. The third-order valence-corrected chi connectivity index (χ3v) is 1.04. The van der Waals surface area contributed by atoms with Crippen LogP contribution in [-0.4, -0.2) is 30.1 Å². The van der Waals surface area contributed by atoms with Crippen molar-refractivity contribution in [1.82, 2.24) is 0 Å². The topological polar surface area (TPSA) is 52.4 Å². The Hall–Kier alpha value is -1.06. The zero-order valence-corrected chi connectivity index (χ0v) is 6.38. The Morgan fingerprint density at radius 2 is 2.20 bits per heavy atom. The van der Waals surface area contributed by atoms with E-state index >= 15 is 0 Å². The molecule has 0 amide bonds. The summed E-state index contributed by atoms with van der Waals surface area (Å²) in [4.78, 5) is 10.7. The smallest absolute Gasteiger partial charge is 0.399 e. The zero-order chi connectivity index (χ0) is 8.15. The maximum Gasteiger partial charge on any atom is 0.399 e. The van der Waals surface area contributed by atoms with E-state index in [-0.39, 0.29) is 5.71 Å². The minimum atomic E-state index is -0.556. The van der Waals surface area contributed by atoms with Gasteiger partial charge in [0.1, 0.15) is 7.05 Å². The average molecular weight is 145 g/mol. The molecule has 0 bridgehead atoms. The van der Waals surface area contributed by atoms with Crippen LogP contribution in [0, 0.1) is 5.21 Å². The molecule has 0 saturated heterocycles. The Labute approximate surface area is 59.7 Å². The molecule has 4 nitrogen and oxygen atoms in total. The predicted octanol–water partition coefficient (Wildman–Crippen LogP) is 0.151. The molecule has 0 aromatic carbocycles. The second-order valence-electron chi connectivity index (χ2n) is 1.80. The minimum absolute atomic E-state index is 0.0712. The summed E-state index contributed by atoms with van der Waals surface area (Å²) >= 11 is 0. The van der Waals surface area contributed by atoms with Crippen molar-refractivity contribution in [3.63, 3.8) is 0 Å². The van der Waals surface area contributed by atoms with E-state index in [2.05, 4.69) is 4.74 Å². The van der Waals surface area contributed by atoms with Crippen LogP contribution >= 0.6 is 0 Å². The summed E-state index contributed by atoms with van der Waals surface area (Å²) in [6, 6.07) is 0. The number of esters is 1. The average Bonchev–Trinajstić information content (AvgIpc) is 1.87. The van der Waals surface area contributed by atoms with Crippen molar-refractivity contribution >= 4 is 11.7 Å². The van der Waals surface area contributed by atoms with Gasteiger partial charge in [0.25, 0.3) is 5.71 Å². The van der Waals surface area contributed by atoms with E-state index in [9.17, 15) is 10.0 Å². The molecule has 10 heavy (non-hydrogen) atoms. The van der Waals surface area contributed by atoms with Gasteiger partial charge in [0, 0.05) is 6.92 Å². The van der Waals surface area contributed by atoms with E-state index in [1.54, 1.807) is 6.92 Å². The number of hydrogen-bond acceptors (Lipinski definition) is 3. The van der Waals surface area contributed by atoms with Crippen LogP contribution < -0.4 is 0 Å². The highest BCUT2D eigenvalue weighted by molar-refractivity contribution is 6.33. The molecule has 0 spiro atoms. The van der Waals surface area contributed by atoms with E-state index < -0.39 is 5.97 Å². The molecule has 0 radical (unpaired) electrons. The van der Waals surface area contributed by atoms with E-state index in [0.29, 0.717) is 11.3 Å². The predicted molar refractivity (Wildman–Crippen MR) is 36.9 cm³/mol. The monoisotopic (exact) mass is 145 g/mol. The van der Waals surface area contributed by atoms with Crippen LogP contribution in [0.15, 0.2) is 0 Å². The zero-order valence-electron chi connectivity index (χ0n) is 6.38. The van der Waals surface area contributed by atoms with Gasteiger partial charge >= 0.3 is 5.97 Å². The molecule has 0 aromatic rings. The van der Waals surface area contributed by atoms with Crippen molar-refractivity contribution in [2.24, 2.45) is 0 Å². The first-order valence-electron chi connectivity index (χ1n) is 3.01. The van der Waals surface area contributed by atoms with Crippen molar-refractivity contribution in [1.29, 1.82) is 0 Å². The summed E-state index contributed by atoms with van der Waals surface area (Å²) in [5.74, 6) is -0.556. The van der Waals surface area contributed by atoms with Crippen LogP contribution in [0.2, 0.25) is 0 Å². The molecule has 0 aromatic heterocycles. The lowest BCUT2D eigenvalue weighted by Gasteiger charge is -2.01. The van der Waals surface area contributed by atoms with Crippen LogP contribution in [0.4, 0.5) is 0 Å². The number of ether oxygens (including phenoxy) is 1. The summed E-state index contributed by atoms with van der Waals surface area (Å²) in [5.41, 5.74) is 0.0712. The van der Waals surface area contributed by atoms with Crippen LogP contribution in [-0.2, 0) is 9.53 Å². The quantitative estimate of drug-likeness (QED) is 0.183. The van der Waals surface area contributed by atoms with Crippen molar-refractivity contribution in [3.05, 3.63) is 5.21 Å². The fourth-order valence-electron chi connectivity index (χ4n) is 0.364. The first kappa shape index (κ1) is 8.94. The van der Waals surface area contributed by atoms with E-state index in [1.165, 1.54) is 14.0 Å². The van der Waals surface area contributed by atoms with E-state index in [0.717, 1.165) is 0 Å². The number of hydroxylamine groups is 1. The van der Waals surface area contributed by atoms with Gasteiger partial charge in [-0.2, -0.15) is 0 Å². The lowest BCUT2D eigenvalue weighted by molar-refractivity contribution is -0.422. The van der Waals surface area contributed by atoms with Crippen molar-refractivity contribution in [3.8, 4) is 0 Å². The Bertz CT molecular complexity index is 158. The number of nitrogens with zero attached hydrogens (tertiary/aromatic N) is 1. The van der Waals surface area contributed by atoms with Gasteiger partial charge in [0.2, 0.25) is 0 Å². The van der Waals surface area contributed by atoms with Gasteiger partial charge in [-0.25, -0.2) is 9.53 Å². The Kier molecular flexibility index (Phi) is 3.46. The fraction of sp³-hybridized carbons (Fsp3) is 0.667. The molecule has 0 saturated carbocycles. The molecule has 0 aliphatic carbocycles. The summed E-state index contributed by atoms with van der Waals surface area (Å²) in [6.45, 7) is 3.41. The fourth-order valence-corrected chi connectivity index (χ4v) is 0.364. The molecule has 0 atom stereocenters. The molecular formula is C6H11NO3. The second kappa shape index (κ2) is 3.87. The van der Waals surface area contributed by atoms with Crippen molar-refractivity contribution < 1.29 is 14.3 Å². The molecule has 0 unspecified atom stereocenters. The third kappa shape index (κ3) is 2.48. The molecule has 0 N–H and O–H groups in total. The lowest BCUT2D eigenvalue weighted by Crippen LogP contribution is -2.21. The van der Waals surface area contributed by atoms with Gasteiger partial charge in [0.05, 0.1) is 6.61 Å². The Balaban J connectivity index is 4.09. The van der Waals surface area contributed by atoms with Gasteiger partial charge in [-0.1, -0.05) is 0 Å². The largest absolute Gasteiger partial charge is 0.624 e. The van der Waals surface area contributed by atoms with Crippen molar-refractivity contribution in [2.75, 3.05) is 13.7 Å². The first-order valence-corrected chi connectivity index (χ1v) is 3.01. The normalized spacial score (nSPS) is 12.3. The number of carbonyl (C=O) groups is 1. The minimum Gasteiger partial charge on any atom is -0.624 e. The SMILES string of the molecule is CCOC(=O)/C(C)=[N+](/C)[O-]. The van der Waals surface area contributed by atoms with Gasteiger partial charge < -0.3 is 9.94 Å². The van der Waals surface area contributed by atoms with Crippen LogP contribution in [0.3, 0.4) is 0 Å². The first-order chi connectivity index (χ1) is 4.59. The molecule has 0 rings (SSSR count). The Morgan fingerprint density at radius 1 is 1.70 bits per heavy atom. The molecule has 0 aliphatic rings. The molecule has 0 heterocycles. The standard InChI is InChI=1S/C6H11NO3/c1-4-10-6(8)5(2)7(3)9/h4H2,1-3H3/b7-5-. The highest BCUT2D eigenvalue weighted by atomic mass is 16.5. The molecule has 0 fully saturated rings. The maximum atomic E-state index is 10.7. The highest BCUT2D eigenvalue weighted by Crippen LogP contribution is 1.81. The highest BCUT2D eigenvalue weighted by Gasteiger charge is 2.12. The third-order valence-electron chi connectivity index (χ3n) is 1.04. The van der Waals surface area contributed by atoms with Crippen LogP contribution in [0.1, 0.15) is 13.8 Å².